The molecule has 0 aromatic heterocycles. The third-order valence-corrected chi connectivity index (χ3v) is 2.91. The van der Waals surface area contributed by atoms with Gasteiger partial charge in [-0.1, -0.05) is 0 Å². The Kier molecular flexibility index (Phi) is 2.82. The summed E-state index contributed by atoms with van der Waals surface area (Å²) in [5, 5.41) is 0. The van der Waals surface area contributed by atoms with Gasteiger partial charge in [0, 0.05) is 13.1 Å². The largest absolute Gasteiger partial charge is 0.493 e. The molecule has 0 unspecified atom stereocenters. The Balaban J connectivity index is 2.41. The summed E-state index contributed by atoms with van der Waals surface area (Å²) in [6.07, 6.45) is 1.09. The van der Waals surface area contributed by atoms with E-state index < -0.39 is 0 Å². The van der Waals surface area contributed by atoms with Gasteiger partial charge in [0.15, 0.2) is 11.5 Å². The van der Waals surface area contributed by atoms with Crippen LogP contribution in [0.1, 0.15) is 11.1 Å². The van der Waals surface area contributed by atoms with E-state index in [0.717, 1.165) is 31.0 Å². The highest BCUT2D eigenvalue weighted by Gasteiger charge is 2.16. The van der Waals surface area contributed by atoms with Gasteiger partial charge in [-0.15, -0.1) is 0 Å². The van der Waals surface area contributed by atoms with Crippen molar-refractivity contribution in [1.29, 1.82) is 0 Å². The van der Waals surface area contributed by atoms with E-state index in [2.05, 4.69) is 24.1 Å². The van der Waals surface area contributed by atoms with Crippen LogP contribution in [-0.4, -0.2) is 32.7 Å². The molecular formula is C12H17NO2. The Morgan fingerprint density at radius 3 is 2.27 bits per heavy atom. The summed E-state index contributed by atoms with van der Waals surface area (Å²) in [6, 6.07) is 4.19. The van der Waals surface area contributed by atoms with Gasteiger partial charge in [-0.2, -0.15) is 0 Å². The molecule has 0 bridgehead atoms. The zero-order valence-electron chi connectivity index (χ0n) is 9.54. The number of nitrogens with zero attached hydrogens (tertiary/aromatic N) is 1. The van der Waals surface area contributed by atoms with Crippen molar-refractivity contribution in [3.63, 3.8) is 0 Å². The Morgan fingerprint density at radius 1 is 1.07 bits per heavy atom. The number of benzene rings is 1. The van der Waals surface area contributed by atoms with Gasteiger partial charge in [0.2, 0.25) is 0 Å². The smallest absolute Gasteiger partial charge is 0.161 e. The molecule has 3 nitrogen and oxygen atoms in total. The maximum absolute atomic E-state index is 5.29. The van der Waals surface area contributed by atoms with Gasteiger partial charge in [-0.05, 0) is 36.7 Å². The SMILES string of the molecule is COc1cc2c(cc1OC)CN(C)CC2. The number of fused-ring (bicyclic) bond motifs is 1. The molecule has 0 atom stereocenters. The van der Waals surface area contributed by atoms with E-state index in [0.29, 0.717) is 0 Å². The highest BCUT2D eigenvalue weighted by Crippen LogP contribution is 2.32. The lowest BCUT2D eigenvalue weighted by atomic mass is 9.99. The van der Waals surface area contributed by atoms with E-state index in [-0.39, 0.29) is 0 Å². The first-order valence-corrected chi connectivity index (χ1v) is 5.17. The molecule has 1 aromatic rings. The van der Waals surface area contributed by atoms with Crippen LogP contribution in [-0.2, 0) is 13.0 Å². The van der Waals surface area contributed by atoms with Crippen LogP contribution < -0.4 is 9.47 Å². The molecule has 0 aliphatic carbocycles. The molecule has 0 spiro atoms. The monoisotopic (exact) mass is 207 g/mol. The van der Waals surface area contributed by atoms with E-state index in [1.54, 1.807) is 14.2 Å². The first-order chi connectivity index (χ1) is 7.24. The van der Waals surface area contributed by atoms with Gasteiger partial charge in [0.25, 0.3) is 0 Å². The summed E-state index contributed by atoms with van der Waals surface area (Å²) in [5.74, 6) is 1.66. The van der Waals surface area contributed by atoms with Gasteiger partial charge in [-0.3, -0.25) is 0 Å². The van der Waals surface area contributed by atoms with Crippen molar-refractivity contribution in [2.75, 3.05) is 27.8 Å². The predicted molar refractivity (Wildman–Crippen MR) is 59.6 cm³/mol. The van der Waals surface area contributed by atoms with Crippen LogP contribution in [0.2, 0.25) is 0 Å². The lowest BCUT2D eigenvalue weighted by Gasteiger charge is -2.26. The van der Waals surface area contributed by atoms with E-state index in [1.165, 1.54) is 11.1 Å². The van der Waals surface area contributed by atoms with Crippen molar-refractivity contribution >= 4 is 0 Å². The van der Waals surface area contributed by atoms with Crippen molar-refractivity contribution in [3.8, 4) is 11.5 Å². The van der Waals surface area contributed by atoms with E-state index in [4.69, 9.17) is 9.47 Å². The summed E-state index contributed by atoms with van der Waals surface area (Å²) in [4.78, 5) is 2.31. The van der Waals surface area contributed by atoms with Crippen molar-refractivity contribution < 1.29 is 9.47 Å². The summed E-state index contributed by atoms with van der Waals surface area (Å²) in [5.41, 5.74) is 2.73. The predicted octanol–water partition coefficient (Wildman–Crippen LogP) is 1.69. The van der Waals surface area contributed by atoms with Gasteiger partial charge in [-0.25, -0.2) is 0 Å². The molecule has 0 N–H and O–H groups in total. The van der Waals surface area contributed by atoms with Crippen LogP contribution >= 0.6 is 0 Å². The number of hydrogen-bond donors (Lipinski definition) is 0. The van der Waals surface area contributed by atoms with Crippen molar-refractivity contribution in [3.05, 3.63) is 23.3 Å². The normalized spacial score (nSPS) is 15.9. The minimum absolute atomic E-state index is 0.826. The minimum Gasteiger partial charge on any atom is -0.493 e. The highest BCUT2D eigenvalue weighted by molar-refractivity contribution is 5.48. The van der Waals surface area contributed by atoms with Crippen LogP contribution in [0.25, 0.3) is 0 Å². The number of rotatable bonds is 2. The second-order valence-electron chi connectivity index (χ2n) is 3.96. The van der Waals surface area contributed by atoms with Crippen molar-refractivity contribution in [2.45, 2.75) is 13.0 Å². The molecule has 0 saturated heterocycles. The zero-order chi connectivity index (χ0) is 10.8. The fourth-order valence-corrected chi connectivity index (χ4v) is 2.02. The third kappa shape index (κ3) is 1.92. The molecular weight excluding hydrogens is 190 g/mol. The number of ether oxygens (including phenoxy) is 2. The topological polar surface area (TPSA) is 21.7 Å². The standard InChI is InChI=1S/C12H17NO2/c1-13-5-4-9-6-11(14-2)12(15-3)7-10(9)8-13/h6-7H,4-5,8H2,1-3H3. The Hall–Kier alpha value is -1.22. The lowest BCUT2D eigenvalue weighted by molar-refractivity contribution is 0.308. The first-order valence-electron chi connectivity index (χ1n) is 5.17. The highest BCUT2D eigenvalue weighted by atomic mass is 16.5. The molecule has 0 saturated carbocycles. The van der Waals surface area contributed by atoms with Crippen molar-refractivity contribution in [1.82, 2.24) is 4.90 Å². The first kappa shape index (κ1) is 10.3. The van der Waals surface area contributed by atoms with Crippen LogP contribution in [0, 0.1) is 0 Å². The minimum atomic E-state index is 0.826. The molecule has 1 aromatic carbocycles. The molecule has 0 fully saturated rings. The zero-order valence-corrected chi connectivity index (χ0v) is 9.54. The molecule has 1 aliphatic heterocycles. The van der Waals surface area contributed by atoms with Crippen LogP contribution in [0.15, 0.2) is 12.1 Å². The fraction of sp³-hybridized carbons (Fsp3) is 0.500. The average Bonchev–Trinajstić information content (AvgIpc) is 2.27. The van der Waals surface area contributed by atoms with E-state index >= 15 is 0 Å². The Bertz CT molecular complexity index is 363. The Labute approximate surface area is 90.6 Å². The van der Waals surface area contributed by atoms with Crippen LogP contribution in [0.3, 0.4) is 0 Å². The van der Waals surface area contributed by atoms with Crippen LogP contribution in [0.4, 0.5) is 0 Å². The molecule has 0 radical (unpaired) electrons. The van der Waals surface area contributed by atoms with Gasteiger partial charge in [0.1, 0.15) is 0 Å². The van der Waals surface area contributed by atoms with Gasteiger partial charge < -0.3 is 14.4 Å². The third-order valence-electron chi connectivity index (χ3n) is 2.91. The lowest BCUT2D eigenvalue weighted by Crippen LogP contribution is -2.26. The molecule has 1 aliphatic rings. The average molecular weight is 207 g/mol. The number of methoxy groups -OCH3 is 2. The second kappa shape index (κ2) is 4.11. The summed E-state index contributed by atoms with van der Waals surface area (Å²) in [6.45, 7) is 2.11. The summed E-state index contributed by atoms with van der Waals surface area (Å²) in [7, 11) is 5.50. The maximum atomic E-state index is 5.29. The van der Waals surface area contributed by atoms with E-state index in [1.807, 2.05) is 0 Å². The van der Waals surface area contributed by atoms with Gasteiger partial charge in [0.05, 0.1) is 14.2 Å². The number of likely N-dealkylation sites (N-methyl/N-ethyl adjacent to an activating group) is 1. The molecule has 15 heavy (non-hydrogen) atoms. The van der Waals surface area contributed by atoms with Crippen molar-refractivity contribution in [2.24, 2.45) is 0 Å². The van der Waals surface area contributed by atoms with Crippen LogP contribution in [0.5, 0.6) is 11.5 Å². The van der Waals surface area contributed by atoms with Gasteiger partial charge >= 0.3 is 0 Å². The maximum Gasteiger partial charge on any atom is 0.161 e. The molecule has 82 valence electrons. The summed E-state index contributed by atoms with van der Waals surface area (Å²) < 4.78 is 10.6. The molecule has 3 heteroatoms. The fourth-order valence-electron chi connectivity index (χ4n) is 2.02. The van der Waals surface area contributed by atoms with E-state index in [9.17, 15) is 0 Å². The molecule has 0 amide bonds. The molecule has 1 heterocycles. The summed E-state index contributed by atoms with van der Waals surface area (Å²) >= 11 is 0. The second-order valence-corrected chi connectivity index (χ2v) is 3.96. The Morgan fingerprint density at radius 2 is 1.67 bits per heavy atom. The molecule has 2 rings (SSSR count). The number of hydrogen-bond acceptors (Lipinski definition) is 3. The quantitative estimate of drug-likeness (QED) is 0.736.